The number of aliphatic hydroxyl groups is 16. The van der Waals surface area contributed by atoms with Crippen LogP contribution in [0.25, 0.3) is 0 Å². The van der Waals surface area contributed by atoms with Crippen molar-refractivity contribution in [3.05, 3.63) is 0 Å². The largest absolute Gasteiger partial charge is 0.477 e. The summed E-state index contributed by atoms with van der Waals surface area (Å²) in [5, 5.41) is 182. The van der Waals surface area contributed by atoms with Crippen LogP contribution in [0.3, 0.4) is 0 Å². The molecule has 5 heterocycles. The molecule has 18 N–H and O–H groups in total. The Hall–Kier alpha value is -2.06. The smallest absolute Gasteiger partial charge is 0.364 e. The van der Waals surface area contributed by atoms with E-state index in [0.29, 0.717) is 0 Å². The van der Waals surface area contributed by atoms with Gasteiger partial charge in [-0.15, -0.1) is 0 Å². The maximum atomic E-state index is 13.2. The third kappa shape index (κ3) is 11.2. The predicted molar refractivity (Wildman–Crippen MR) is 198 cm³/mol. The summed E-state index contributed by atoms with van der Waals surface area (Å²) < 4.78 is 51.7. The highest BCUT2D eigenvalue weighted by Crippen LogP contribution is 2.41. The molecule has 1 amide bonds. The molecule has 5 saturated heterocycles. The fourth-order valence-corrected chi connectivity index (χ4v) is 8.31. The Labute approximate surface area is 368 Å². The maximum absolute atomic E-state index is 13.2. The summed E-state index contributed by atoms with van der Waals surface area (Å²) in [7, 11) is 0. The highest BCUT2D eigenvalue weighted by atomic mass is 16.8. The van der Waals surface area contributed by atoms with E-state index in [-0.39, 0.29) is 0 Å². The van der Waals surface area contributed by atoms with E-state index in [1.807, 2.05) is 0 Å². The zero-order valence-corrected chi connectivity index (χ0v) is 34.8. The van der Waals surface area contributed by atoms with E-state index in [2.05, 4.69) is 5.32 Å². The van der Waals surface area contributed by atoms with E-state index in [9.17, 15) is 96.4 Å². The summed E-state index contributed by atoms with van der Waals surface area (Å²) in [5.74, 6) is -7.26. The van der Waals surface area contributed by atoms with Gasteiger partial charge in [-0.25, -0.2) is 4.79 Å². The normalized spacial score (nSPS) is 48.3. The van der Waals surface area contributed by atoms with Crippen molar-refractivity contribution in [2.75, 3.05) is 33.0 Å². The molecule has 0 aromatic carbocycles. The van der Waals surface area contributed by atoms with Crippen LogP contribution in [0.2, 0.25) is 0 Å². The van der Waals surface area contributed by atoms with Crippen molar-refractivity contribution >= 4 is 11.9 Å². The van der Waals surface area contributed by atoms with Crippen molar-refractivity contribution in [1.82, 2.24) is 5.32 Å². The monoisotopic (exact) mass is 955 g/mol. The molecule has 5 fully saturated rings. The number of carboxylic acids is 1. The van der Waals surface area contributed by atoms with Gasteiger partial charge in [-0.1, -0.05) is 6.92 Å². The van der Waals surface area contributed by atoms with Gasteiger partial charge in [-0.2, -0.15) is 0 Å². The Kier molecular flexibility index (Phi) is 18.7. The number of carboxylic acid groups (broad SMARTS) is 1. The number of nitrogens with one attached hydrogen (secondary N) is 1. The minimum absolute atomic E-state index is 0.888. The molecule has 29 heteroatoms. The lowest BCUT2D eigenvalue weighted by molar-refractivity contribution is -0.404. The molecular formula is C36H61NO28. The predicted octanol–water partition coefficient (Wildman–Crippen LogP) is -11.3. The molecule has 378 valence electrons. The molecule has 5 rings (SSSR count). The summed E-state index contributed by atoms with van der Waals surface area (Å²) in [6, 6.07) is -1.82. The molecule has 0 aliphatic carbocycles. The number of amides is 1. The van der Waals surface area contributed by atoms with E-state index >= 15 is 0 Å². The van der Waals surface area contributed by atoms with Gasteiger partial charge in [0.15, 0.2) is 25.2 Å². The van der Waals surface area contributed by atoms with Gasteiger partial charge in [0, 0.05) is 19.3 Å². The molecule has 29 nitrogen and oxygen atoms in total. The van der Waals surface area contributed by atoms with Crippen LogP contribution in [0, 0.1) is 5.92 Å². The summed E-state index contributed by atoms with van der Waals surface area (Å²) in [4.78, 5) is 26.0. The zero-order chi connectivity index (χ0) is 48.4. The molecule has 0 aromatic rings. The molecule has 0 saturated carbocycles. The molecule has 0 aromatic heterocycles. The number of aliphatic hydroxyl groups excluding tert-OH is 16. The second-order valence-corrected chi connectivity index (χ2v) is 16.5. The Morgan fingerprint density at radius 3 is 1.72 bits per heavy atom. The Balaban J connectivity index is 1.58. The van der Waals surface area contributed by atoms with Crippen LogP contribution in [-0.2, 0) is 52.2 Å². The van der Waals surface area contributed by atoms with Crippen LogP contribution in [0.1, 0.15) is 20.3 Å². The van der Waals surface area contributed by atoms with Crippen LogP contribution in [0.4, 0.5) is 0 Å². The van der Waals surface area contributed by atoms with Gasteiger partial charge >= 0.3 is 5.97 Å². The second-order valence-electron chi connectivity index (χ2n) is 16.5. The molecule has 10 unspecified atom stereocenters. The zero-order valence-electron chi connectivity index (χ0n) is 34.8. The lowest BCUT2D eigenvalue weighted by atomic mass is 9.84. The summed E-state index contributed by atoms with van der Waals surface area (Å²) in [5.41, 5.74) is 0. The number of ether oxygens (including phenoxy) is 9. The lowest BCUT2D eigenvalue weighted by Gasteiger charge is -2.52. The Morgan fingerprint density at radius 1 is 0.631 bits per heavy atom. The molecule has 0 spiro atoms. The van der Waals surface area contributed by atoms with Crippen molar-refractivity contribution in [3.63, 3.8) is 0 Å². The molecule has 65 heavy (non-hydrogen) atoms. The average Bonchev–Trinajstić information content (AvgIpc) is 3.27. The lowest BCUT2D eigenvalue weighted by Crippen LogP contribution is -2.71. The Morgan fingerprint density at radius 2 is 1.15 bits per heavy atom. The van der Waals surface area contributed by atoms with Crippen LogP contribution < -0.4 is 5.32 Å². The second kappa shape index (κ2) is 22.6. The Bertz CT molecular complexity index is 1530. The maximum Gasteiger partial charge on any atom is 0.364 e. The van der Waals surface area contributed by atoms with Gasteiger partial charge < -0.3 is 135 Å². The number of aliphatic carboxylic acids is 1. The van der Waals surface area contributed by atoms with E-state index in [0.717, 1.165) is 6.92 Å². The number of hydrogen-bond acceptors (Lipinski definition) is 27. The van der Waals surface area contributed by atoms with E-state index in [1.54, 1.807) is 0 Å². The standard InChI is InChI=1S/C36H61NO28/c1-9-11(44)3-36(35(55)56,64-26(9)18(46)12(45)4-38)65-30-25(53)34(61-27-15(7-41)57-31(54)23(51)22(27)50)60-16(8-42)28(30)62-32-17(37-10(2)43)29(20(48)14(6-40)58-32)63-33-24(52)21(49)19(47)13(5-39)59-33/h9,11-34,38-42,44-54H,3-8H2,1-2H3,(H,37,43)(H,55,56)/t9-,11?,12-,13?,14?,15?,16?,17?,18+,19+,20+,21+,22-,23?,24?,25?,26-,27-,28+,29-,30-,31?,32+,33+,34+,36+/m1/s1. The first-order valence-electron chi connectivity index (χ1n) is 20.6. The molecule has 0 radical (unpaired) electrons. The topological polar surface area (TPSA) is 473 Å². The number of rotatable bonds is 17. The number of carbonyl (C=O) groups is 2. The van der Waals surface area contributed by atoms with Crippen molar-refractivity contribution in [3.8, 4) is 0 Å². The summed E-state index contributed by atoms with van der Waals surface area (Å²) >= 11 is 0. The van der Waals surface area contributed by atoms with Crippen molar-refractivity contribution < 1.29 is 139 Å². The van der Waals surface area contributed by atoms with Gasteiger partial charge in [0.1, 0.15) is 110 Å². The van der Waals surface area contributed by atoms with Gasteiger partial charge in [0.05, 0.1) is 45.2 Å². The fraction of sp³-hybridized carbons (Fsp3) is 0.944. The average molecular weight is 956 g/mol. The van der Waals surface area contributed by atoms with Gasteiger partial charge in [0.2, 0.25) is 5.91 Å². The fourth-order valence-electron chi connectivity index (χ4n) is 8.31. The van der Waals surface area contributed by atoms with E-state index in [1.165, 1.54) is 6.92 Å². The van der Waals surface area contributed by atoms with Gasteiger partial charge in [-0.3, -0.25) is 4.79 Å². The first kappa shape index (κ1) is 53.9. The summed E-state index contributed by atoms with van der Waals surface area (Å²) in [6.07, 6.45) is -46.4. The van der Waals surface area contributed by atoms with Gasteiger partial charge in [-0.05, 0) is 0 Å². The minimum Gasteiger partial charge on any atom is -0.477 e. The van der Waals surface area contributed by atoms with Crippen molar-refractivity contribution in [2.24, 2.45) is 5.92 Å². The molecule has 5 aliphatic rings. The molecule has 0 bridgehead atoms. The number of carbonyl (C=O) groups excluding carboxylic acids is 1. The first-order valence-corrected chi connectivity index (χ1v) is 20.6. The highest BCUT2D eigenvalue weighted by molar-refractivity contribution is 5.76. The molecular weight excluding hydrogens is 894 g/mol. The summed E-state index contributed by atoms with van der Waals surface area (Å²) in [6.45, 7) is -2.89. The molecule has 26 atom stereocenters. The number of hydrogen-bond donors (Lipinski definition) is 18. The van der Waals surface area contributed by atoms with E-state index < -0.39 is 210 Å². The van der Waals surface area contributed by atoms with Crippen LogP contribution in [-0.4, -0.2) is 285 Å². The molecule has 5 aliphatic heterocycles. The van der Waals surface area contributed by atoms with Gasteiger partial charge in [0.25, 0.3) is 5.79 Å². The van der Waals surface area contributed by atoms with Crippen LogP contribution in [0.15, 0.2) is 0 Å². The van der Waals surface area contributed by atoms with Crippen molar-refractivity contribution in [1.29, 1.82) is 0 Å². The van der Waals surface area contributed by atoms with Crippen LogP contribution in [0.5, 0.6) is 0 Å². The first-order chi connectivity index (χ1) is 30.6. The van der Waals surface area contributed by atoms with Crippen molar-refractivity contribution in [2.45, 2.75) is 173 Å². The van der Waals surface area contributed by atoms with E-state index in [4.69, 9.17) is 42.6 Å². The quantitative estimate of drug-likeness (QED) is 0.0644. The third-order valence-corrected chi connectivity index (χ3v) is 12.1. The third-order valence-electron chi connectivity index (χ3n) is 12.1. The highest BCUT2D eigenvalue weighted by Gasteiger charge is 2.61. The SMILES string of the molecule is CC(=O)NC1[C@H](O[C@H]2C(CO)O[C@@H](O[C@@H]3C(CO)OC(O)C(O)[C@H]3O)C(O)[C@H]2O[C@]2(C(=O)O)CC(O)[C@@H](C)[C@H]([C@@H](O)[C@H](O)CO)O2)OC(CO)[C@H](O)[C@@H]1O[C@@H]1OC(CO)[C@H](O)[C@H](O)C1O. The minimum atomic E-state index is -3.16. The van der Waals surface area contributed by atoms with Crippen LogP contribution >= 0.6 is 0 Å².